The molecular formula is C15H13F4N3O4S. The van der Waals surface area contributed by atoms with Crippen LogP contribution in [0.4, 0.5) is 28.9 Å². The van der Waals surface area contributed by atoms with Gasteiger partial charge in [-0.1, -0.05) is 0 Å². The van der Waals surface area contributed by atoms with E-state index in [0.29, 0.717) is 5.76 Å². The normalized spacial score (nSPS) is 11.3. The largest absolute Gasteiger partial charge is 0.487 e. The van der Waals surface area contributed by atoms with Crippen LogP contribution in [0.5, 0.6) is 5.75 Å². The molecule has 0 saturated heterocycles. The molecule has 0 saturated carbocycles. The molecule has 2 aromatic rings. The molecule has 0 atom stereocenters. The molecule has 2 N–H and O–H groups in total. The maximum Gasteiger partial charge on any atom is 0.340 e. The van der Waals surface area contributed by atoms with Gasteiger partial charge in [-0.3, -0.25) is 10.1 Å². The number of ether oxygens (including phenoxy) is 1. The molecule has 1 aromatic carbocycles. The van der Waals surface area contributed by atoms with Crippen molar-refractivity contribution in [3.05, 3.63) is 52.5 Å². The summed E-state index contributed by atoms with van der Waals surface area (Å²) in [5, 5.41) is 16.4. The second-order valence-electron chi connectivity index (χ2n) is 5.21. The second kappa shape index (κ2) is 8.66. The summed E-state index contributed by atoms with van der Waals surface area (Å²) in [5.41, 5.74) is -0.444. The highest BCUT2D eigenvalue weighted by Gasteiger charge is 2.41. The lowest BCUT2D eigenvalue weighted by atomic mass is 10.2. The minimum atomic E-state index is -4.39. The van der Waals surface area contributed by atoms with E-state index in [2.05, 4.69) is 15.4 Å². The molecule has 2 rings (SSSR count). The van der Waals surface area contributed by atoms with E-state index in [1.165, 1.54) is 6.26 Å². The van der Waals surface area contributed by atoms with Crippen LogP contribution in [0.25, 0.3) is 0 Å². The van der Waals surface area contributed by atoms with Gasteiger partial charge in [0.2, 0.25) is 0 Å². The molecule has 0 amide bonds. The monoisotopic (exact) mass is 407 g/mol. The van der Waals surface area contributed by atoms with E-state index in [9.17, 15) is 27.7 Å². The molecular weight excluding hydrogens is 394 g/mol. The van der Waals surface area contributed by atoms with Crippen molar-refractivity contribution in [1.29, 1.82) is 0 Å². The molecule has 0 aliphatic carbocycles. The molecule has 0 aliphatic rings. The molecule has 12 heteroatoms. The zero-order valence-electron chi connectivity index (χ0n) is 13.5. The van der Waals surface area contributed by atoms with Gasteiger partial charge >= 0.3 is 12.3 Å². The van der Waals surface area contributed by atoms with Crippen molar-refractivity contribution in [2.45, 2.75) is 18.9 Å². The van der Waals surface area contributed by atoms with E-state index in [1.54, 1.807) is 12.1 Å². The van der Waals surface area contributed by atoms with Crippen LogP contribution in [0.2, 0.25) is 0 Å². The number of nitrogens with one attached hydrogen (secondary N) is 2. The Morgan fingerprint density at radius 3 is 2.70 bits per heavy atom. The maximum absolute atomic E-state index is 13.0. The molecule has 0 fully saturated rings. The SMILES string of the molecule is O=[N+]([O-])c1cc(NC(=S)NCc2ccco2)cc(OCC(F)(F)C(F)F)c1. The highest BCUT2D eigenvalue weighted by molar-refractivity contribution is 7.80. The average molecular weight is 407 g/mol. The molecule has 0 aliphatic heterocycles. The van der Waals surface area contributed by atoms with Crippen molar-refractivity contribution >= 4 is 28.7 Å². The summed E-state index contributed by atoms with van der Waals surface area (Å²) in [6.07, 6.45) is -2.46. The first-order valence-corrected chi connectivity index (χ1v) is 7.73. The number of rotatable bonds is 8. The first-order chi connectivity index (χ1) is 12.7. The van der Waals surface area contributed by atoms with Crippen molar-refractivity contribution in [3.8, 4) is 5.75 Å². The Balaban J connectivity index is 2.07. The molecule has 27 heavy (non-hydrogen) atoms. The Bertz CT molecular complexity index is 802. The number of benzene rings is 1. The quantitative estimate of drug-likeness (QED) is 0.296. The number of halogens is 4. The number of nitrogens with zero attached hydrogens (tertiary/aromatic N) is 1. The minimum Gasteiger partial charge on any atom is -0.487 e. The number of anilines is 1. The summed E-state index contributed by atoms with van der Waals surface area (Å²) in [7, 11) is 0. The predicted octanol–water partition coefficient (Wildman–Crippen LogP) is 3.95. The number of furan rings is 1. The van der Waals surface area contributed by atoms with Crippen LogP contribution in [0.3, 0.4) is 0 Å². The fraction of sp³-hybridized carbons (Fsp3) is 0.267. The summed E-state index contributed by atoms with van der Waals surface area (Å²) in [4.78, 5) is 10.2. The Labute approximate surface area is 155 Å². The van der Waals surface area contributed by atoms with Gasteiger partial charge in [-0.15, -0.1) is 0 Å². The summed E-state index contributed by atoms with van der Waals surface area (Å²) in [5.74, 6) is -4.20. The van der Waals surface area contributed by atoms with Gasteiger partial charge in [-0.05, 0) is 24.4 Å². The second-order valence-corrected chi connectivity index (χ2v) is 5.62. The van der Waals surface area contributed by atoms with Crippen LogP contribution in [0.15, 0.2) is 41.0 Å². The third kappa shape index (κ3) is 6.09. The number of non-ortho nitro benzene ring substituents is 1. The highest BCUT2D eigenvalue weighted by atomic mass is 32.1. The third-order valence-electron chi connectivity index (χ3n) is 3.11. The Kier molecular flexibility index (Phi) is 6.55. The number of hydrogen-bond donors (Lipinski definition) is 2. The topological polar surface area (TPSA) is 89.6 Å². The maximum atomic E-state index is 13.0. The van der Waals surface area contributed by atoms with Crippen molar-refractivity contribution in [2.24, 2.45) is 0 Å². The standard InChI is InChI=1S/C15H13F4N3O4S/c16-13(17)15(18,19)8-26-12-5-9(4-10(6-12)22(23)24)21-14(27)20-7-11-2-1-3-25-11/h1-6,13H,7-8H2,(H2,20,21,27). The fourth-order valence-electron chi connectivity index (χ4n) is 1.84. The molecule has 1 heterocycles. The highest BCUT2D eigenvalue weighted by Crippen LogP contribution is 2.29. The lowest BCUT2D eigenvalue weighted by molar-refractivity contribution is -0.384. The van der Waals surface area contributed by atoms with Gasteiger partial charge < -0.3 is 19.8 Å². The molecule has 0 spiro atoms. The molecule has 0 unspecified atom stereocenters. The Morgan fingerprint density at radius 2 is 2.11 bits per heavy atom. The number of nitro benzene ring substituents is 1. The Morgan fingerprint density at radius 1 is 1.37 bits per heavy atom. The lowest BCUT2D eigenvalue weighted by Gasteiger charge is -2.16. The first kappa shape index (κ1) is 20.4. The molecule has 0 bridgehead atoms. The van der Waals surface area contributed by atoms with Crippen LogP contribution in [0.1, 0.15) is 5.76 Å². The number of nitro groups is 1. The molecule has 146 valence electrons. The van der Waals surface area contributed by atoms with Gasteiger partial charge in [0.25, 0.3) is 5.69 Å². The fourth-order valence-corrected chi connectivity index (χ4v) is 2.03. The first-order valence-electron chi connectivity index (χ1n) is 7.33. The molecule has 1 aromatic heterocycles. The van der Waals surface area contributed by atoms with E-state index < -0.39 is 29.6 Å². The Hall–Kier alpha value is -2.89. The van der Waals surface area contributed by atoms with Gasteiger partial charge in [0.1, 0.15) is 11.5 Å². The summed E-state index contributed by atoms with van der Waals surface area (Å²) in [6.45, 7) is -1.40. The molecule has 7 nitrogen and oxygen atoms in total. The summed E-state index contributed by atoms with van der Waals surface area (Å²) >= 11 is 5.03. The van der Waals surface area contributed by atoms with Crippen molar-refractivity contribution in [1.82, 2.24) is 5.32 Å². The van der Waals surface area contributed by atoms with Gasteiger partial charge in [0, 0.05) is 12.1 Å². The van der Waals surface area contributed by atoms with Gasteiger partial charge in [0.05, 0.1) is 29.5 Å². The van der Waals surface area contributed by atoms with Crippen LogP contribution < -0.4 is 15.4 Å². The van der Waals surface area contributed by atoms with Gasteiger partial charge in [-0.2, -0.15) is 8.78 Å². The number of alkyl halides is 4. The summed E-state index contributed by atoms with van der Waals surface area (Å²) in [6, 6.07) is 6.41. The van der Waals surface area contributed by atoms with E-state index >= 15 is 0 Å². The van der Waals surface area contributed by atoms with Crippen molar-refractivity contribution in [2.75, 3.05) is 11.9 Å². The lowest BCUT2D eigenvalue weighted by Crippen LogP contribution is -2.33. The van der Waals surface area contributed by atoms with Crippen LogP contribution >= 0.6 is 12.2 Å². The average Bonchev–Trinajstić information content (AvgIpc) is 3.11. The minimum absolute atomic E-state index is 0.0523. The predicted molar refractivity (Wildman–Crippen MR) is 91.3 cm³/mol. The zero-order valence-corrected chi connectivity index (χ0v) is 14.3. The van der Waals surface area contributed by atoms with Crippen LogP contribution in [0, 0.1) is 10.1 Å². The zero-order chi connectivity index (χ0) is 20.0. The van der Waals surface area contributed by atoms with Gasteiger partial charge in [-0.25, -0.2) is 8.78 Å². The third-order valence-corrected chi connectivity index (χ3v) is 3.36. The van der Waals surface area contributed by atoms with E-state index in [4.69, 9.17) is 16.6 Å². The van der Waals surface area contributed by atoms with E-state index in [1.807, 2.05) is 0 Å². The number of hydrogen-bond acceptors (Lipinski definition) is 5. The molecule has 0 radical (unpaired) electrons. The van der Waals surface area contributed by atoms with E-state index in [-0.39, 0.29) is 23.1 Å². The van der Waals surface area contributed by atoms with E-state index in [0.717, 1.165) is 18.2 Å². The number of thiocarbonyl (C=S) groups is 1. The summed E-state index contributed by atoms with van der Waals surface area (Å²) < 4.78 is 60.0. The van der Waals surface area contributed by atoms with Gasteiger partial charge in [0.15, 0.2) is 11.7 Å². The van der Waals surface area contributed by atoms with Crippen LogP contribution in [-0.4, -0.2) is 29.0 Å². The smallest absolute Gasteiger partial charge is 0.340 e. The van der Waals surface area contributed by atoms with Crippen molar-refractivity contribution in [3.63, 3.8) is 0 Å². The van der Waals surface area contributed by atoms with Crippen LogP contribution in [-0.2, 0) is 6.54 Å². The van der Waals surface area contributed by atoms with Crippen molar-refractivity contribution < 1.29 is 31.6 Å².